The van der Waals surface area contributed by atoms with Gasteiger partial charge in [0.1, 0.15) is 18.4 Å². The van der Waals surface area contributed by atoms with Crippen LogP contribution < -0.4 is 5.73 Å². The zero-order valence-corrected chi connectivity index (χ0v) is 12.1. The summed E-state index contributed by atoms with van der Waals surface area (Å²) in [5, 5.41) is 0. The van der Waals surface area contributed by atoms with Crippen LogP contribution in [-0.4, -0.2) is 42.6 Å². The van der Waals surface area contributed by atoms with Gasteiger partial charge in [-0.2, -0.15) is 4.99 Å². The zero-order chi connectivity index (χ0) is 15.7. The molecule has 0 unspecified atom stereocenters. The minimum Gasteiger partial charge on any atom is -0.492 e. The van der Waals surface area contributed by atoms with E-state index in [2.05, 4.69) is 18.2 Å². The lowest BCUT2D eigenvalue weighted by molar-refractivity contribution is -0.134. The molecule has 0 aliphatic carbocycles. The molecule has 1 fully saturated rings. The maximum atomic E-state index is 12.1. The summed E-state index contributed by atoms with van der Waals surface area (Å²) in [6.07, 6.45) is 7.54. The quantitative estimate of drug-likeness (QED) is 0.331. The fraction of sp³-hybridized carbons (Fsp3) is 0.467. The maximum Gasteiger partial charge on any atom is 0.243 e. The summed E-state index contributed by atoms with van der Waals surface area (Å²) in [6.45, 7) is 8.74. The van der Waals surface area contributed by atoms with E-state index in [0.29, 0.717) is 5.76 Å². The van der Waals surface area contributed by atoms with Crippen LogP contribution in [0.3, 0.4) is 0 Å². The number of hydrogen-bond acceptors (Lipinski definition) is 5. The molecule has 0 aromatic rings. The summed E-state index contributed by atoms with van der Waals surface area (Å²) < 4.78 is 5.31. The molecule has 1 aliphatic heterocycles. The number of rotatable bonds is 7. The minimum atomic E-state index is -0.704. The van der Waals surface area contributed by atoms with Crippen LogP contribution in [0.4, 0.5) is 0 Å². The number of carbonyl (C=O) groups is 1. The first-order valence-corrected chi connectivity index (χ1v) is 6.85. The Hall–Kier alpha value is -2.17. The molecule has 0 radical (unpaired) electrons. The third-order valence-electron chi connectivity index (χ3n) is 3.08. The predicted molar refractivity (Wildman–Crippen MR) is 79.9 cm³/mol. The fourth-order valence-electron chi connectivity index (χ4n) is 1.95. The lowest BCUT2D eigenvalue weighted by Gasteiger charge is -2.29. The number of amides is 1. The van der Waals surface area contributed by atoms with E-state index < -0.39 is 6.04 Å². The Balaban J connectivity index is 2.36. The molecule has 1 atom stereocenters. The number of nitrogens with zero attached hydrogens (tertiary/aromatic N) is 2. The Labute approximate surface area is 124 Å². The molecule has 6 nitrogen and oxygen atoms in total. The van der Waals surface area contributed by atoms with Crippen LogP contribution in [0.2, 0.25) is 0 Å². The van der Waals surface area contributed by atoms with Crippen molar-refractivity contribution in [3.05, 3.63) is 36.8 Å². The Kier molecular flexibility index (Phi) is 7.15. The van der Waals surface area contributed by atoms with Gasteiger partial charge in [-0.1, -0.05) is 13.2 Å². The number of carbonyl (C=O) groups excluding carboxylic acids is 2. The summed E-state index contributed by atoms with van der Waals surface area (Å²) in [5.41, 5.74) is 6.07. The first-order chi connectivity index (χ1) is 10.0. The predicted octanol–water partition coefficient (Wildman–Crippen LogP) is 1.26. The summed E-state index contributed by atoms with van der Waals surface area (Å²) >= 11 is 0. The highest BCUT2D eigenvalue weighted by atomic mass is 16.5. The smallest absolute Gasteiger partial charge is 0.243 e. The summed E-state index contributed by atoms with van der Waals surface area (Å²) in [7, 11) is 0. The molecular formula is C15H21N3O3. The molecule has 6 heteroatoms. The Morgan fingerprint density at radius 3 is 2.62 bits per heavy atom. The molecule has 21 heavy (non-hydrogen) atoms. The van der Waals surface area contributed by atoms with Crippen LogP contribution in [0.5, 0.6) is 0 Å². The molecule has 0 aromatic carbocycles. The van der Waals surface area contributed by atoms with Crippen molar-refractivity contribution in [2.24, 2.45) is 10.7 Å². The van der Waals surface area contributed by atoms with E-state index in [9.17, 15) is 9.59 Å². The van der Waals surface area contributed by atoms with Crippen molar-refractivity contribution >= 4 is 12.0 Å². The van der Waals surface area contributed by atoms with Gasteiger partial charge < -0.3 is 15.4 Å². The first-order valence-electron chi connectivity index (χ1n) is 6.85. The Morgan fingerprint density at radius 2 is 2.00 bits per heavy atom. The van der Waals surface area contributed by atoms with Gasteiger partial charge in [-0.25, -0.2) is 4.79 Å². The number of piperidine rings is 1. The summed E-state index contributed by atoms with van der Waals surface area (Å²) in [4.78, 5) is 27.2. The SMILES string of the molecule is C=C(/C=C\C(=C)OC[C@H](N)C(=O)N1CCCCC1)N=C=O. The van der Waals surface area contributed by atoms with Gasteiger partial charge in [0.15, 0.2) is 0 Å². The van der Waals surface area contributed by atoms with E-state index in [1.807, 2.05) is 0 Å². The second-order valence-electron chi connectivity index (χ2n) is 4.80. The lowest BCUT2D eigenvalue weighted by atomic mass is 10.1. The molecule has 1 aliphatic rings. The maximum absolute atomic E-state index is 12.1. The molecular weight excluding hydrogens is 270 g/mol. The van der Waals surface area contributed by atoms with Gasteiger partial charge in [-0.05, 0) is 31.4 Å². The monoisotopic (exact) mass is 291 g/mol. The van der Waals surface area contributed by atoms with Crippen molar-refractivity contribution in [2.75, 3.05) is 19.7 Å². The summed E-state index contributed by atoms with van der Waals surface area (Å²) in [6, 6.07) is -0.704. The largest absolute Gasteiger partial charge is 0.492 e. The number of allylic oxidation sites excluding steroid dienone is 2. The average molecular weight is 291 g/mol. The molecule has 1 saturated heterocycles. The van der Waals surface area contributed by atoms with Gasteiger partial charge in [-0.15, -0.1) is 0 Å². The van der Waals surface area contributed by atoms with Crippen molar-refractivity contribution in [2.45, 2.75) is 25.3 Å². The average Bonchev–Trinajstić information content (AvgIpc) is 2.51. The molecule has 1 amide bonds. The van der Waals surface area contributed by atoms with Gasteiger partial charge in [0.25, 0.3) is 0 Å². The highest BCUT2D eigenvalue weighted by Crippen LogP contribution is 2.10. The van der Waals surface area contributed by atoms with Gasteiger partial charge >= 0.3 is 0 Å². The van der Waals surface area contributed by atoms with Crippen molar-refractivity contribution in [1.29, 1.82) is 0 Å². The number of likely N-dealkylation sites (tertiary alicyclic amines) is 1. The fourth-order valence-corrected chi connectivity index (χ4v) is 1.95. The van der Waals surface area contributed by atoms with Gasteiger partial charge in [0, 0.05) is 13.1 Å². The van der Waals surface area contributed by atoms with Crippen LogP contribution >= 0.6 is 0 Å². The molecule has 0 aromatic heterocycles. The van der Waals surface area contributed by atoms with E-state index in [-0.39, 0.29) is 18.2 Å². The lowest BCUT2D eigenvalue weighted by Crippen LogP contribution is -2.47. The molecule has 1 rings (SSSR count). The third kappa shape index (κ3) is 6.21. The third-order valence-corrected chi connectivity index (χ3v) is 3.08. The van der Waals surface area contributed by atoms with E-state index in [1.54, 1.807) is 4.90 Å². The van der Waals surface area contributed by atoms with Gasteiger partial charge in [0.2, 0.25) is 12.0 Å². The van der Waals surface area contributed by atoms with E-state index in [4.69, 9.17) is 10.5 Å². The summed E-state index contributed by atoms with van der Waals surface area (Å²) in [5.74, 6) is 0.223. The standard InChI is InChI=1S/C15H21N3O3/c1-12(17-11-19)6-7-13(2)21-10-14(16)15(20)18-8-4-3-5-9-18/h6-7,14H,1-5,8-10,16H2/b7-6-/t14-/m0/s1. The van der Waals surface area contributed by atoms with Crippen LogP contribution in [0.25, 0.3) is 0 Å². The molecule has 2 N–H and O–H groups in total. The van der Waals surface area contributed by atoms with Crippen LogP contribution in [0.15, 0.2) is 41.8 Å². The van der Waals surface area contributed by atoms with Crippen LogP contribution in [0.1, 0.15) is 19.3 Å². The number of ether oxygens (including phenoxy) is 1. The van der Waals surface area contributed by atoms with Crippen molar-refractivity contribution in [3.63, 3.8) is 0 Å². The molecule has 0 bridgehead atoms. The van der Waals surface area contributed by atoms with Crippen LogP contribution in [-0.2, 0) is 14.3 Å². The van der Waals surface area contributed by atoms with E-state index in [1.165, 1.54) is 18.2 Å². The Bertz CT molecular complexity index is 473. The van der Waals surface area contributed by atoms with Crippen molar-refractivity contribution in [3.8, 4) is 0 Å². The minimum absolute atomic E-state index is 0.0575. The van der Waals surface area contributed by atoms with Crippen LogP contribution in [0, 0.1) is 0 Å². The number of hydrogen-bond donors (Lipinski definition) is 1. The first kappa shape index (κ1) is 16.9. The molecule has 1 heterocycles. The highest BCUT2D eigenvalue weighted by Gasteiger charge is 2.22. The molecule has 0 saturated carbocycles. The zero-order valence-electron chi connectivity index (χ0n) is 12.1. The number of nitrogens with two attached hydrogens (primary N) is 1. The van der Waals surface area contributed by atoms with Crippen molar-refractivity contribution in [1.82, 2.24) is 4.90 Å². The second kappa shape index (κ2) is 8.89. The van der Waals surface area contributed by atoms with Crippen molar-refractivity contribution < 1.29 is 14.3 Å². The number of isocyanates is 1. The highest BCUT2D eigenvalue weighted by molar-refractivity contribution is 5.81. The topological polar surface area (TPSA) is 85.0 Å². The molecule has 114 valence electrons. The van der Waals surface area contributed by atoms with Gasteiger partial charge in [0.05, 0.1) is 5.70 Å². The normalized spacial score (nSPS) is 16.1. The van der Waals surface area contributed by atoms with E-state index in [0.717, 1.165) is 32.4 Å². The number of aliphatic imine (C=N–C) groups is 1. The Morgan fingerprint density at radius 1 is 1.33 bits per heavy atom. The molecule has 0 spiro atoms. The van der Waals surface area contributed by atoms with E-state index >= 15 is 0 Å². The second-order valence-corrected chi connectivity index (χ2v) is 4.80. The van der Waals surface area contributed by atoms with Gasteiger partial charge in [-0.3, -0.25) is 4.79 Å².